The van der Waals surface area contributed by atoms with Gasteiger partial charge in [-0.1, -0.05) is 0 Å². The lowest BCUT2D eigenvalue weighted by Gasteiger charge is -2.22. The molecule has 0 aliphatic heterocycles. The Hall–Kier alpha value is -3.18. The molecule has 0 bridgehead atoms. The van der Waals surface area contributed by atoms with Crippen LogP contribution >= 0.6 is 0 Å². The van der Waals surface area contributed by atoms with E-state index in [4.69, 9.17) is 4.74 Å². The van der Waals surface area contributed by atoms with Crippen LogP contribution < -0.4 is 21.1 Å². The van der Waals surface area contributed by atoms with Crippen molar-refractivity contribution in [2.45, 2.75) is 13.8 Å². The maximum Gasteiger partial charge on any atom is 0.265 e. The second-order valence-corrected chi connectivity index (χ2v) is 7.03. The van der Waals surface area contributed by atoms with Crippen molar-refractivity contribution in [1.29, 1.82) is 0 Å². The highest BCUT2D eigenvalue weighted by molar-refractivity contribution is 6.96. The molecule has 0 N–H and O–H groups in total. The maximum atomic E-state index is 14.9. The number of methoxy groups -OCH3 is 1. The van der Waals surface area contributed by atoms with Gasteiger partial charge in [-0.05, 0) is 13.8 Å². The van der Waals surface area contributed by atoms with Crippen LogP contribution in [0.15, 0.2) is 12.1 Å². The fraction of sp³-hybridized carbons (Fsp3) is 0.143. The quantitative estimate of drug-likeness (QED) is 0.309. The van der Waals surface area contributed by atoms with Gasteiger partial charge >= 0.3 is 0 Å². The summed E-state index contributed by atoms with van der Waals surface area (Å²) in [5.74, 6) is -20.9. The fourth-order valence-corrected chi connectivity index (χ4v) is 3.47. The van der Waals surface area contributed by atoms with Crippen LogP contribution in [0, 0.1) is 72.0 Å². The Morgan fingerprint density at radius 1 is 0.545 bits per heavy atom. The highest BCUT2D eigenvalue weighted by Crippen LogP contribution is 2.23. The molecule has 33 heavy (non-hydrogen) atoms. The summed E-state index contributed by atoms with van der Waals surface area (Å²) >= 11 is 0. The first-order chi connectivity index (χ1) is 15.3. The molecule has 12 heteroatoms. The van der Waals surface area contributed by atoms with Crippen LogP contribution in [-0.2, 0) is 0 Å². The average molecular weight is 480 g/mol. The third-order valence-electron chi connectivity index (χ3n) is 5.18. The van der Waals surface area contributed by atoms with Crippen molar-refractivity contribution in [3.8, 4) is 5.75 Å². The minimum Gasteiger partial charge on any atom is -0.497 e. The Bertz CT molecular complexity index is 1160. The maximum absolute atomic E-state index is 14.9. The van der Waals surface area contributed by atoms with Crippen molar-refractivity contribution >= 4 is 23.1 Å². The number of benzene rings is 3. The van der Waals surface area contributed by atoms with E-state index in [2.05, 4.69) is 0 Å². The zero-order valence-corrected chi connectivity index (χ0v) is 16.9. The van der Waals surface area contributed by atoms with Gasteiger partial charge in [-0.25, -0.2) is 43.9 Å². The second-order valence-electron chi connectivity index (χ2n) is 7.03. The number of ether oxygens (including phenoxy) is 1. The molecule has 0 saturated carbocycles. The van der Waals surface area contributed by atoms with Crippen LogP contribution in [0.2, 0.25) is 0 Å². The first kappa shape index (κ1) is 24.5. The van der Waals surface area contributed by atoms with E-state index < -0.39 is 98.1 Å². The summed E-state index contributed by atoms with van der Waals surface area (Å²) in [4.78, 5) is 0. The summed E-state index contributed by atoms with van der Waals surface area (Å²) < 4.78 is 150. The highest BCUT2D eigenvalue weighted by atomic mass is 19.2. The highest BCUT2D eigenvalue weighted by Gasteiger charge is 2.42. The zero-order chi connectivity index (χ0) is 24.9. The number of hydrogen-bond donors (Lipinski definition) is 0. The summed E-state index contributed by atoms with van der Waals surface area (Å²) in [6, 6.07) is 0.539. The van der Waals surface area contributed by atoms with Gasteiger partial charge in [0.2, 0.25) is 0 Å². The molecule has 0 aliphatic rings. The Morgan fingerprint density at radius 2 is 0.909 bits per heavy atom. The number of hydrogen-bond acceptors (Lipinski definition) is 1. The standard InChI is InChI=1S/C21H11BF10O/c1-6-14(25)18(29)12(19(30)15(6)26)22(11-9(24)4-8(23)5-10(11)33-3)13-20(31)16(27)7(2)17(28)21(13)32/h4-5H,1-3H3. The lowest BCUT2D eigenvalue weighted by Crippen LogP contribution is -2.59. The topological polar surface area (TPSA) is 9.23 Å². The van der Waals surface area contributed by atoms with Crippen molar-refractivity contribution in [3.63, 3.8) is 0 Å². The van der Waals surface area contributed by atoms with Crippen LogP contribution in [0.1, 0.15) is 11.1 Å². The van der Waals surface area contributed by atoms with Gasteiger partial charge in [0.15, 0.2) is 46.5 Å². The van der Waals surface area contributed by atoms with Crippen LogP contribution in [0.3, 0.4) is 0 Å². The van der Waals surface area contributed by atoms with E-state index in [1.54, 1.807) is 0 Å². The molecular weight excluding hydrogens is 469 g/mol. The van der Waals surface area contributed by atoms with E-state index in [-0.39, 0.29) is 6.07 Å². The smallest absolute Gasteiger partial charge is 0.265 e. The molecule has 0 heterocycles. The van der Waals surface area contributed by atoms with E-state index in [1.807, 2.05) is 0 Å². The van der Waals surface area contributed by atoms with Gasteiger partial charge in [-0.2, -0.15) is 0 Å². The normalized spacial score (nSPS) is 11.2. The van der Waals surface area contributed by atoms with Gasteiger partial charge < -0.3 is 4.74 Å². The third-order valence-corrected chi connectivity index (χ3v) is 5.18. The van der Waals surface area contributed by atoms with Gasteiger partial charge in [0.1, 0.15) is 17.4 Å². The Kier molecular flexibility index (Phi) is 6.41. The fourth-order valence-electron chi connectivity index (χ4n) is 3.47. The molecule has 0 saturated heterocycles. The Morgan fingerprint density at radius 3 is 1.24 bits per heavy atom. The summed E-state index contributed by atoms with van der Waals surface area (Å²) in [5, 5.41) is 0. The Balaban J connectivity index is 2.62. The minimum absolute atomic E-state index is 0.109. The van der Waals surface area contributed by atoms with Gasteiger partial charge in [0, 0.05) is 39.6 Å². The molecule has 0 amide bonds. The number of halogens is 10. The summed E-state index contributed by atoms with van der Waals surface area (Å²) in [6.45, 7) is -1.60. The van der Waals surface area contributed by atoms with Crippen molar-refractivity contribution in [2.24, 2.45) is 0 Å². The van der Waals surface area contributed by atoms with Gasteiger partial charge in [-0.3, -0.25) is 0 Å². The van der Waals surface area contributed by atoms with E-state index in [9.17, 15) is 43.9 Å². The lowest BCUT2D eigenvalue weighted by molar-refractivity contribution is 0.411. The van der Waals surface area contributed by atoms with Crippen molar-refractivity contribution in [3.05, 3.63) is 81.4 Å². The molecule has 3 rings (SSSR count). The first-order valence-corrected chi connectivity index (χ1v) is 9.02. The third kappa shape index (κ3) is 3.70. The molecule has 174 valence electrons. The van der Waals surface area contributed by atoms with Crippen LogP contribution in [0.25, 0.3) is 0 Å². The molecule has 0 radical (unpaired) electrons. The van der Waals surface area contributed by atoms with Gasteiger partial charge in [0.05, 0.1) is 7.11 Å². The lowest BCUT2D eigenvalue weighted by atomic mass is 9.35. The van der Waals surface area contributed by atoms with Crippen LogP contribution in [0.5, 0.6) is 5.75 Å². The van der Waals surface area contributed by atoms with E-state index >= 15 is 0 Å². The molecule has 0 atom stereocenters. The molecule has 3 aromatic carbocycles. The van der Waals surface area contributed by atoms with Crippen molar-refractivity contribution in [2.75, 3.05) is 7.11 Å². The molecule has 0 spiro atoms. The van der Waals surface area contributed by atoms with Gasteiger partial charge in [-0.15, -0.1) is 0 Å². The van der Waals surface area contributed by atoms with Crippen molar-refractivity contribution in [1.82, 2.24) is 0 Å². The predicted molar refractivity (Wildman–Crippen MR) is 99.6 cm³/mol. The predicted octanol–water partition coefficient (Wildman–Crippen LogP) is 4.22. The molecule has 0 aromatic heterocycles. The van der Waals surface area contributed by atoms with E-state index in [0.717, 1.165) is 7.11 Å². The summed E-state index contributed by atoms with van der Waals surface area (Å²) in [5.41, 5.74) is -7.21. The van der Waals surface area contributed by atoms with Crippen LogP contribution in [-0.4, -0.2) is 13.8 Å². The first-order valence-electron chi connectivity index (χ1n) is 9.02. The molecule has 3 aromatic rings. The minimum atomic E-state index is -2.88. The van der Waals surface area contributed by atoms with Crippen molar-refractivity contribution < 1.29 is 48.6 Å². The molecule has 0 fully saturated rings. The molecular formula is C21H11BF10O. The molecule has 0 unspecified atom stereocenters. The monoisotopic (exact) mass is 480 g/mol. The second kappa shape index (κ2) is 8.64. The Labute approximate surface area is 180 Å². The zero-order valence-electron chi connectivity index (χ0n) is 16.9. The molecule has 1 nitrogen and oxygen atoms in total. The SMILES string of the molecule is COc1cc(F)cc(F)c1B(c1c(F)c(F)c(C)c(F)c1F)c1c(F)c(F)c(C)c(F)c1F. The van der Waals surface area contributed by atoms with Crippen LogP contribution in [0.4, 0.5) is 43.9 Å². The average Bonchev–Trinajstić information content (AvgIpc) is 2.77. The summed E-state index contributed by atoms with van der Waals surface area (Å²) in [6.07, 6.45) is 0. The van der Waals surface area contributed by atoms with Gasteiger partial charge in [0.25, 0.3) is 6.71 Å². The van der Waals surface area contributed by atoms with E-state index in [1.165, 1.54) is 0 Å². The summed E-state index contributed by atoms with van der Waals surface area (Å²) in [7, 11) is 0.806. The van der Waals surface area contributed by atoms with E-state index in [0.29, 0.717) is 19.9 Å². The largest absolute Gasteiger partial charge is 0.497 e. The molecule has 0 aliphatic carbocycles. The number of rotatable bonds is 4.